The molecule has 0 aliphatic carbocycles. The van der Waals surface area contributed by atoms with Crippen molar-refractivity contribution in [2.45, 2.75) is 36.6 Å². The molecule has 1 unspecified atom stereocenters. The molecule has 4 nitrogen and oxygen atoms in total. The largest absolute Gasteiger partial charge is 0.468 e. The van der Waals surface area contributed by atoms with E-state index < -0.39 is 0 Å². The van der Waals surface area contributed by atoms with E-state index in [9.17, 15) is 4.79 Å². The van der Waals surface area contributed by atoms with Gasteiger partial charge in [-0.25, -0.2) is 4.98 Å². The summed E-state index contributed by atoms with van der Waals surface area (Å²) in [7, 11) is 1.44. The van der Waals surface area contributed by atoms with Gasteiger partial charge in [-0.15, -0.1) is 0 Å². The Bertz CT molecular complexity index is 553. The van der Waals surface area contributed by atoms with E-state index >= 15 is 0 Å². The van der Waals surface area contributed by atoms with Crippen LogP contribution in [0.2, 0.25) is 0 Å². The summed E-state index contributed by atoms with van der Waals surface area (Å²) >= 11 is 1.47. The van der Waals surface area contributed by atoms with Crippen LogP contribution in [0.5, 0.6) is 0 Å². The predicted octanol–water partition coefficient (Wildman–Crippen LogP) is 3.16. The predicted molar refractivity (Wildman–Crippen MR) is 76.4 cm³/mol. The molecular formula is C14H18N2O2S. The molecule has 0 saturated carbocycles. The van der Waals surface area contributed by atoms with Gasteiger partial charge in [0.15, 0.2) is 5.16 Å². The van der Waals surface area contributed by atoms with Crippen molar-refractivity contribution >= 4 is 23.2 Å². The van der Waals surface area contributed by atoms with Gasteiger partial charge in [0.2, 0.25) is 0 Å². The number of imidazole rings is 1. The molecular weight excluding hydrogens is 260 g/mol. The van der Waals surface area contributed by atoms with E-state index in [4.69, 9.17) is 4.74 Å². The van der Waals surface area contributed by atoms with Crippen LogP contribution in [-0.2, 0) is 9.53 Å². The number of carbonyl (C=O) groups excluding carboxylic acids is 1. The van der Waals surface area contributed by atoms with E-state index in [1.54, 1.807) is 0 Å². The summed E-state index contributed by atoms with van der Waals surface area (Å²) in [5, 5.41) is 0.651. The zero-order valence-corrected chi connectivity index (χ0v) is 12.0. The summed E-state index contributed by atoms with van der Waals surface area (Å²) in [5.41, 5.74) is 1.03. The second kappa shape index (κ2) is 6.61. The Balaban J connectivity index is 2.18. The number of aromatic nitrogens is 2. The fourth-order valence-electron chi connectivity index (χ4n) is 1.88. The molecule has 2 aromatic heterocycles. The number of esters is 1. The van der Waals surface area contributed by atoms with E-state index in [2.05, 4.69) is 11.9 Å². The summed E-state index contributed by atoms with van der Waals surface area (Å²) in [6.07, 6.45) is 6.66. The lowest BCUT2D eigenvalue weighted by Gasteiger charge is -2.12. The highest BCUT2D eigenvalue weighted by atomic mass is 32.2. The van der Waals surface area contributed by atoms with E-state index in [-0.39, 0.29) is 11.2 Å². The molecule has 19 heavy (non-hydrogen) atoms. The van der Waals surface area contributed by atoms with Crippen molar-refractivity contribution in [3.05, 3.63) is 30.6 Å². The first-order chi connectivity index (χ1) is 9.26. The third kappa shape index (κ3) is 3.29. The van der Waals surface area contributed by atoms with Gasteiger partial charge in [0.05, 0.1) is 18.8 Å². The number of unbranched alkanes of at least 4 members (excludes halogenated alkanes) is 1. The van der Waals surface area contributed by atoms with Gasteiger partial charge in [-0.3, -0.25) is 9.20 Å². The van der Waals surface area contributed by atoms with Crippen LogP contribution in [0, 0.1) is 0 Å². The topological polar surface area (TPSA) is 43.6 Å². The Morgan fingerprint density at radius 1 is 1.53 bits per heavy atom. The number of fused-ring (bicyclic) bond motifs is 1. The van der Waals surface area contributed by atoms with Crippen molar-refractivity contribution in [3.8, 4) is 0 Å². The van der Waals surface area contributed by atoms with Crippen molar-refractivity contribution in [1.82, 2.24) is 9.38 Å². The van der Waals surface area contributed by atoms with Gasteiger partial charge in [-0.1, -0.05) is 37.6 Å². The quantitative estimate of drug-likeness (QED) is 0.601. The molecule has 0 bridgehead atoms. The summed E-state index contributed by atoms with van der Waals surface area (Å²) in [4.78, 5) is 16.2. The van der Waals surface area contributed by atoms with Gasteiger partial charge in [-0.2, -0.15) is 0 Å². The number of methoxy groups -OCH3 is 1. The van der Waals surface area contributed by atoms with Gasteiger partial charge in [0, 0.05) is 6.20 Å². The van der Waals surface area contributed by atoms with Crippen LogP contribution in [0.1, 0.15) is 26.2 Å². The SMILES string of the molecule is CCCCC(Sc1ncc2ccccn12)C(=O)OC. The molecule has 2 aromatic rings. The minimum Gasteiger partial charge on any atom is -0.468 e. The Labute approximate surface area is 117 Å². The highest BCUT2D eigenvalue weighted by Crippen LogP contribution is 2.27. The van der Waals surface area contributed by atoms with Crippen molar-refractivity contribution in [3.63, 3.8) is 0 Å². The molecule has 102 valence electrons. The number of hydrogen-bond acceptors (Lipinski definition) is 4. The lowest BCUT2D eigenvalue weighted by Crippen LogP contribution is -2.19. The van der Waals surface area contributed by atoms with Crippen LogP contribution in [0.4, 0.5) is 0 Å². The third-order valence-corrected chi connectivity index (χ3v) is 4.16. The molecule has 0 spiro atoms. The highest BCUT2D eigenvalue weighted by molar-refractivity contribution is 8.00. The van der Waals surface area contributed by atoms with E-state index in [0.717, 1.165) is 29.9 Å². The molecule has 2 rings (SSSR count). The molecule has 0 fully saturated rings. The average molecular weight is 278 g/mol. The normalized spacial score (nSPS) is 12.5. The molecule has 2 heterocycles. The number of thioether (sulfide) groups is 1. The standard InChI is InChI=1S/C14H18N2O2S/c1-3-4-8-12(13(17)18-2)19-14-15-10-11-7-5-6-9-16(11)14/h5-7,9-10,12H,3-4,8H2,1-2H3. The highest BCUT2D eigenvalue weighted by Gasteiger charge is 2.22. The Kier molecular flexibility index (Phi) is 4.85. The van der Waals surface area contributed by atoms with Crippen LogP contribution in [0.25, 0.3) is 5.52 Å². The first kappa shape index (κ1) is 13.9. The van der Waals surface area contributed by atoms with Gasteiger partial charge in [0.1, 0.15) is 5.25 Å². The summed E-state index contributed by atoms with van der Waals surface area (Å²) in [6.45, 7) is 2.12. The minimum absolute atomic E-state index is 0.175. The van der Waals surface area contributed by atoms with E-state index in [0.29, 0.717) is 0 Å². The fraction of sp³-hybridized carbons (Fsp3) is 0.429. The maximum atomic E-state index is 11.8. The van der Waals surface area contributed by atoms with Crippen molar-refractivity contribution in [2.24, 2.45) is 0 Å². The lowest BCUT2D eigenvalue weighted by molar-refractivity contribution is -0.140. The van der Waals surface area contributed by atoms with Crippen molar-refractivity contribution in [1.29, 1.82) is 0 Å². The molecule has 1 atom stereocenters. The molecule has 5 heteroatoms. The van der Waals surface area contributed by atoms with Crippen LogP contribution in [0.15, 0.2) is 35.7 Å². The Morgan fingerprint density at radius 3 is 3.11 bits per heavy atom. The van der Waals surface area contributed by atoms with Crippen molar-refractivity contribution < 1.29 is 9.53 Å². The smallest absolute Gasteiger partial charge is 0.319 e. The monoisotopic (exact) mass is 278 g/mol. The molecule has 0 radical (unpaired) electrons. The number of rotatable bonds is 6. The zero-order chi connectivity index (χ0) is 13.7. The first-order valence-corrected chi connectivity index (χ1v) is 7.30. The number of pyridine rings is 1. The maximum absolute atomic E-state index is 11.8. The van der Waals surface area contributed by atoms with Gasteiger partial charge < -0.3 is 4.74 Å². The van der Waals surface area contributed by atoms with Crippen LogP contribution < -0.4 is 0 Å². The first-order valence-electron chi connectivity index (χ1n) is 6.42. The lowest BCUT2D eigenvalue weighted by atomic mass is 10.2. The summed E-state index contributed by atoms with van der Waals surface area (Å²) in [6, 6.07) is 5.93. The Morgan fingerprint density at radius 2 is 2.37 bits per heavy atom. The van der Waals surface area contributed by atoms with Crippen LogP contribution in [-0.4, -0.2) is 27.7 Å². The summed E-state index contributed by atoms with van der Waals surface area (Å²) < 4.78 is 6.87. The Hall–Kier alpha value is -1.49. The second-order valence-corrected chi connectivity index (χ2v) is 5.48. The van der Waals surface area contributed by atoms with E-state index in [1.807, 2.05) is 35.0 Å². The molecule has 0 saturated heterocycles. The number of ether oxygens (including phenoxy) is 1. The molecule has 0 aliphatic heterocycles. The van der Waals surface area contributed by atoms with Gasteiger partial charge in [0.25, 0.3) is 0 Å². The number of nitrogens with zero attached hydrogens (tertiary/aromatic N) is 2. The van der Waals surface area contributed by atoms with Gasteiger partial charge >= 0.3 is 5.97 Å². The molecule has 0 aromatic carbocycles. The van der Waals surface area contributed by atoms with Crippen LogP contribution >= 0.6 is 11.8 Å². The van der Waals surface area contributed by atoms with Crippen LogP contribution in [0.3, 0.4) is 0 Å². The third-order valence-electron chi connectivity index (χ3n) is 2.94. The maximum Gasteiger partial charge on any atom is 0.319 e. The van der Waals surface area contributed by atoms with Crippen molar-refractivity contribution in [2.75, 3.05) is 7.11 Å². The second-order valence-electron chi connectivity index (χ2n) is 4.31. The summed E-state index contributed by atoms with van der Waals surface area (Å²) in [5.74, 6) is -0.175. The fourth-order valence-corrected chi connectivity index (χ4v) is 3.00. The van der Waals surface area contributed by atoms with Gasteiger partial charge in [-0.05, 0) is 18.6 Å². The van der Waals surface area contributed by atoms with E-state index in [1.165, 1.54) is 18.9 Å². The number of hydrogen-bond donors (Lipinski definition) is 0. The minimum atomic E-state index is -0.184. The molecule has 0 N–H and O–H groups in total. The zero-order valence-electron chi connectivity index (χ0n) is 11.2. The molecule has 0 amide bonds. The number of carbonyl (C=O) groups is 1. The average Bonchev–Trinajstić information content (AvgIpc) is 2.86. The molecule has 0 aliphatic rings.